The molecule has 0 aromatic carbocycles. The number of rotatable bonds is 7. The Labute approximate surface area is 112 Å². The molecule has 0 saturated carbocycles. The van der Waals surface area contributed by atoms with Crippen LogP contribution in [0.25, 0.3) is 0 Å². The standard InChI is InChI=1S/C10H18N4O4S/c1-7(2)14(3)19(17,18)13-9(10(15)16)4-8-5-11-6-12-8/h5-7,9,13H,4H2,1-3H3,(H,11,12)(H,15,16). The monoisotopic (exact) mass is 290 g/mol. The van der Waals surface area contributed by atoms with Gasteiger partial charge in [-0.15, -0.1) is 0 Å². The predicted octanol–water partition coefficient (Wildman–Crippen LogP) is -0.420. The quantitative estimate of drug-likeness (QED) is 0.631. The maximum absolute atomic E-state index is 11.9. The molecule has 0 spiro atoms. The second-order valence-electron chi connectivity index (χ2n) is 4.40. The van der Waals surface area contributed by atoms with Gasteiger partial charge in [0.1, 0.15) is 6.04 Å². The third kappa shape index (κ3) is 4.30. The molecule has 9 heteroatoms. The van der Waals surface area contributed by atoms with Gasteiger partial charge in [-0.3, -0.25) is 4.79 Å². The minimum absolute atomic E-state index is 0.000495. The molecule has 0 saturated heterocycles. The van der Waals surface area contributed by atoms with Crippen LogP contribution in [0.2, 0.25) is 0 Å². The molecule has 0 radical (unpaired) electrons. The van der Waals surface area contributed by atoms with Crippen LogP contribution in [0.5, 0.6) is 0 Å². The van der Waals surface area contributed by atoms with Crippen LogP contribution in [0, 0.1) is 0 Å². The molecule has 0 bridgehead atoms. The van der Waals surface area contributed by atoms with Crippen LogP contribution in [-0.2, 0) is 21.4 Å². The fourth-order valence-corrected chi connectivity index (χ4v) is 2.60. The van der Waals surface area contributed by atoms with Crippen LogP contribution in [0.1, 0.15) is 19.5 Å². The first-order valence-corrected chi connectivity index (χ1v) is 7.13. The molecule has 1 unspecified atom stereocenters. The van der Waals surface area contributed by atoms with Gasteiger partial charge >= 0.3 is 5.97 Å². The van der Waals surface area contributed by atoms with E-state index < -0.39 is 22.2 Å². The number of aromatic nitrogens is 2. The summed E-state index contributed by atoms with van der Waals surface area (Å²) in [7, 11) is -2.45. The maximum Gasteiger partial charge on any atom is 0.322 e. The highest BCUT2D eigenvalue weighted by Gasteiger charge is 2.28. The SMILES string of the molecule is CC(C)N(C)S(=O)(=O)NC(Cc1cnc[nH]1)C(=O)O. The summed E-state index contributed by atoms with van der Waals surface area (Å²) < 4.78 is 27.1. The Morgan fingerprint density at radius 2 is 2.21 bits per heavy atom. The molecule has 0 amide bonds. The van der Waals surface area contributed by atoms with Crippen molar-refractivity contribution in [3.05, 3.63) is 18.2 Å². The van der Waals surface area contributed by atoms with Crippen LogP contribution < -0.4 is 4.72 Å². The highest BCUT2D eigenvalue weighted by atomic mass is 32.2. The fraction of sp³-hybridized carbons (Fsp3) is 0.600. The van der Waals surface area contributed by atoms with Gasteiger partial charge in [-0.05, 0) is 13.8 Å². The number of carboxylic acids is 1. The number of carbonyl (C=O) groups is 1. The Balaban J connectivity index is 2.82. The number of nitrogens with zero attached hydrogens (tertiary/aromatic N) is 2. The number of aliphatic carboxylic acids is 1. The van der Waals surface area contributed by atoms with Crippen molar-refractivity contribution < 1.29 is 18.3 Å². The average molecular weight is 290 g/mol. The predicted molar refractivity (Wildman–Crippen MR) is 68.7 cm³/mol. The van der Waals surface area contributed by atoms with Gasteiger partial charge in [-0.2, -0.15) is 17.4 Å². The Bertz CT molecular complexity index is 512. The molecule has 1 aromatic heterocycles. The summed E-state index contributed by atoms with van der Waals surface area (Å²) in [4.78, 5) is 17.6. The zero-order valence-electron chi connectivity index (χ0n) is 11.0. The van der Waals surface area contributed by atoms with E-state index in [2.05, 4.69) is 14.7 Å². The van der Waals surface area contributed by atoms with Gasteiger partial charge in [0.15, 0.2) is 0 Å². The van der Waals surface area contributed by atoms with E-state index in [-0.39, 0.29) is 12.5 Å². The first kappa shape index (κ1) is 15.6. The minimum atomic E-state index is -3.84. The molecule has 1 aromatic rings. The third-order valence-electron chi connectivity index (χ3n) is 2.67. The number of H-pyrrole nitrogens is 1. The lowest BCUT2D eigenvalue weighted by atomic mass is 10.2. The smallest absolute Gasteiger partial charge is 0.322 e. The van der Waals surface area contributed by atoms with Crippen molar-refractivity contribution in [2.75, 3.05) is 7.05 Å². The number of nitrogens with one attached hydrogen (secondary N) is 2. The number of hydrogen-bond acceptors (Lipinski definition) is 4. The van der Waals surface area contributed by atoms with Gasteiger partial charge in [-0.1, -0.05) is 0 Å². The molecule has 1 rings (SSSR count). The van der Waals surface area contributed by atoms with E-state index in [1.165, 1.54) is 19.6 Å². The third-order valence-corrected chi connectivity index (χ3v) is 4.44. The molecule has 0 aliphatic rings. The van der Waals surface area contributed by atoms with Gasteiger partial charge < -0.3 is 10.1 Å². The van der Waals surface area contributed by atoms with E-state index in [9.17, 15) is 13.2 Å². The molecule has 1 heterocycles. The molecular weight excluding hydrogens is 272 g/mol. The molecule has 0 aliphatic carbocycles. The summed E-state index contributed by atoms with van der Waals surface area (Å²) in [6.07, 6.45) is 2.86. The highest BCUT2D eigenvalue weighted by molar-refractivity contribution is 7.87. The zero-order valence-corrected chi connectivity index (χ0v) is 11.8. The van der Waals surface area contributed by atoms with Crippen molar-refractivity contribution >= 4 is 16.2 Å². The van der Waals surface area contributed by atoms with Crippen molar-refractivity contribution in [2.24, 2.45) is 0 Å². The highest BCUT2D eigenvalue weighted by Crippen LogP contribution is 2.05. The van der Waals surface area contributed by atoms with Crippen molar-refractivity contribution in [3.63, 3.8) is 0 Å². The van der Waals surface area contributed by atoms with Crippen molar-refractivity contribution in [1.29, 1.82) is 0 Å². The first-order valence-electron chi connectivity index (χ1n) is 5.69. The summed E-state index contributed by atoms with van der Waals surface area (Å²) in [5, 5.41) is 9.08. The van der Waals surface area contributed by atoms with Crippen LogP contribution in [0.15, 0.2) is 12.5 Å². The number of carboxylic acid groups (broad SMARTS) is 1. The van der Waals surface area contributed by atoms with E-state index in [1.54, 1.807) is 13.8 Å². The van der Waals surface area contributed by atoms with Crippen LogP contribution in [0.4, 0.5) is 0 Å². The Hall–Kier alpha value is -1.45. The van der Waals surface area contributed by atoms with Gasteiger partial charge in [0, 0.05) is 31.4 Å². The van der Waals surface area contributed by atoms with Gasteiger partial charge in [0.25, 0.3) is 10.2 Å². The maximum atomic E-state index is 11.9. The first-order chi connectivity index (χ1) is 8.74. The fourth-order valence-electron chi connectivity index (χ4n) is 1.34. The number of hydrogen-bond donors (Lipinski definition) is 3. The van der Waals surface area contributed by atoms with Crippen molar-refractivity contribution in [3.8, 4) is 0 Å². The molecule has 3 N–H and O–H groups in total. The van der Waals surface area contributed by atoms with E-state index in [4.69, 9.17) is 5.11 Å². The topological polar surface area (TPSA) is 115 Å². The average Bonchev–Trinajstić information content (AvgIpc) is 2.79. The lowest BCUT2D eigenvalue weighted by molar-refractivity contribution is -0.139. The molecule has 0 aliphatic heterocycles. The zero-order chi connectivity index (χ0) is 14.6. The number of imidazole rings is 1. The summed E-state index contributed by atoms with van der Waals surface area (Å²) in [6.45, 7) is 3.40. The van der Waals surface area contributed by atoms with Crippen LogP contribution in [0.3, 0.4) is 0 Å². The van der Waals surface area contributed by atoms with E-state index in [0.717, 1.165) is 4.31 Å². The van der Waals surface area contributed by atoms with Gasteiger partial charge in [0.2, 0.25) is 0 Å². The second-order valence-corrected chi connectivity index (χ2v) is 6.17. The van der Waals surface area contributed by atoms with E-state index >= 15 is 0 Å². The second kappa shape index (κ2) is 6.13. The van der Waals surface area contributed by atoms with Crippen molar-refractivity contribution in [2.45, 2.75) is 32.4 Å². The summed E-state index contributed by atoms with van der Waals surface area (Å²) in [6, 6.07) is -1.51. The molecule has 19 heavy (non-hydrogen) atoms. The van der Waals surface area contributed by atoms with Crippen molar-refractivity contribution in [1.82, 2.24) is 19.0 Å². The summed E-state index contributed by atoms with van der Waals surface area (Å²) in [5.41, 5.74) is 0.544. The molecule has 8 nitrogen and oxygen atoms in total. The molecule has 1 atom stereocenters. The molecule has 108 valence electrons. The normalized spacial score (nSPS) is 13.9. The van der Waals surface area contributed by atoms with E-state index in [0.29, 0.717) is 5.69 Å². The lowest BCUT2D eigenvalue weighted by Crippen LogP contribution is -2.49. The van der Waals surface area contributed by atoms with E-state index in [1.807, 2.05) is 0 Å². The Morgan fingerprint density at radius 1 is 1.58 bits per heavy atom. The van der Waals surface area contributed by atoms with Gasteiger partial charge in [0.05, 0.1) is 6.33 Å². The largest absolute Gasteiger partial charge is 0.480 e. The van der Waals surface area contributed by atoms with Gasteiger partial charge in [-0.25, -0.2) is 4.98 Å². The molecule has 0 fully saturated rings. The minimum Gasteiger partial charge on any atom is -0.480 e. The summed E-state index contributed by atoms with van der Waals surface area (Å²) in [5.74, 6) is -1.24. The Morgan fingerprint density at radius 3 is 2.63 bits per heavy atom. The summed E-state index contributed by atoms with van der Waals surface area (Å²) >= 11 is 0. The van der Waals surface area contributed by atoms with Crippen LogP contribution in [-0.4, -0.2) is 52.9 Å². The lowest BCUT2D eigenvalue weighted by Gasteiger charge is -2.23. The molecular formula is C10H18N4O4S. The number of aromatic amines is 1. The van der Waals surface area contributed by atoms with Crippen LogP contribution >= 0.6 is 0 Å². The Kier molecular flexibility index (Phi) is 5.04.